The summed E-state index contributed by atoms with van der Waals surface area (Å²) in [7, 11) is -3.51. The molecule has 0 bridgehead atoms. The van der Waals surface area contributed by atoms with Gasteiger partial charge >= 0.3 is 0 Å². The molecule has 2 heterocycles. The van der Waals surface area contributed by atoms with Gasteiger partial charge in [0, 0.05) is 25.5 Å². The van der Waals surface area contributed by atoms with Crippen molar-refractivity contribution in [3.8, 4) is 0 Å². The molecule has 19 heavy (non-hydrogen) atoms. The summed E-state index contributed by atoms with van der Waals surface area (Å²) in [5, 5.41) is 0. The molecule has 0 aliphatic heterocycles. The highest BCUT2D eigenvalue weighted by Gasteiger charge is 2.16. The maximum absolute atomic E-state index is 12.0. The molecule has 102 valence electrons. The SMILES string of the molecule is NC(=S)c1ccc(S(=O)(=O)NCCn2ccnc2)s1. The van der Waals surface area contributed by atoms with Crippen LogP contribution in [0.3, 0.4) is 0 Å². The van der Waals surface area contributed by atoms with E-state index in [9.17, 15) is 8.42 Å². The third kappa shape index (κ3) is 3.60. The molecular formula is C10H12N4O2S3. The molecule has 0 aliphatic rings. The first-order valence-corrected chi connectivity index (χ1v) is 8.05. The van der Waals surface area contributed by atoms with Gasteiger partial charge in [-0.25, -0.2) is 18.1 Å². The second kappa shape index (κ2) is 5.78. The fourth-order valence-corrected chi connectivity index (χ4v) is 3.81. The van der Waals surface area contributed by atoms with E-state index >= 15 is 0 Å². The van der Waals surface area contributed by atoms with Gasteiger partial charge in [0.1, 0.15) is 9.20 Å². The second-order valence-electron chi connectivity index (χ2n) is 3.68. The lowest BCUT2D eigenvalue weighted by Crippen LogP contribution is -2.26. The van der Waals surface area contributed by atoms with Crippen molar-refractivity contribution >= 4 is 38.6 Å². The van der Waals surface area contributed by atoms with E-state index in [-0.39, 0.29) is 9.20 Å². The van der Waals surface area contributed by atoms with Gasteiger partial charge in [-0.3, -0.25) is 0 Å². The van der Waals surface area contributed by atoms with E-state index in [0.717, 1.165) is 11.3 Å². The van der Waals surface area contributed by atoms with Crippen molar-refractivity contribution in [2.75, 3.05) is 6.54 Å². The number of hydrogen-bond donors (Lipinski definition) is 2. The van der Waals surface area contributed by atoms with Gasteiger partial charge in [-0.05, 0) is 12.1 Å². The molecule has 0 saturated carbocycles. The molecule has 2 rings (SSSR count). The van der Waals surface area contributed by atoms with Crippen molar-refractivity contribution in [1.82, 2.24) is 14.3 Å². The number of thiophene rings is 1. The Bertz CT molecular complexity index is 661. The molecule has 3 N–H and O–H groups in total. The highest BCUT2D eigenvalue weighted by Crippen LogP contribution is 2.21. The van der Waals surface area contributed by atoms with E-state index in [1.165, 1.54) is 6.07 Å². The summed E-state index contributed by atoms with van der Waals surface area (Å²) in [5.41, 5.74) is 5.45. The molecule has 2 aromatic rings. The second-order valence-corrected chi connectivity index (χ2v) is 7.20. The molecule has 2 aromatic heterocycles. The lowest BCUT2D eigenvalue weighted by molar-refractivity contribution is 0.575. The van der Waals surface area contributed by atoms with Crippen molar-refractivity contribution in [1.29, 1.82) is 0 Å². The Morgan fingerprint density at radius 1 is 1.53 bits per heavy atom. The molecule has 0 amide bonds. The van der Waals surface area contributed by atoms with Crippen LogP contribution in [-0.2, 0) is 16.6 Å². The van der Waals surface area contributed by atoms with Gasteiger partial charge in [0.15, 0.2) is 0 Å². The maximum Gasteiger partial charge on any atom is 0.250 e. The molecule has 0 fully saturated rings. The Hall–Kier alpha value is -1.29. The molecule has 0 atom stereocenters. The van der Waals surface area contributed by atoms with E-state index in [1.54, 1.807) is 29.4 Å². The van der Waals surface area contributed by atoms with Gasteiger partial charge in [-0.1, -0.05) is 12.2 Å². The molecule has 0 spiro atoms. The predicted octanol–water partition coefficient (Wildman–Crippen LogP) is 0.557. The van der Waals surface area contributed by atoms with E-state index in [1.807, 2.05) is 0 Å². The van der Waals surface area contributed by atoms with E-state index in [0.29, 0.717) is 18.0 Å². The van der Waals surface area contributed by atoms with Crippen LogP contribution in [0.2, 0.25) is 0 Å². The number of aromatic nitrogens is 2. The van der Waals surface area contributed by atoms with Gasteiger partial charge in [0.2, 0.25) is 10.0 Å². The highest BCUT2D eigenvalue weighted by atomic mass is 32.2. The van der Waals surface area contributed by atoms with Crippen molar-refractivity contribution < 1.29 is 8.42 Å². The quantitative estimate of drug-likeness (QED) is 0.760. The van der Waals surface area contributed by atoms with Crippen molar-refractivity contribution in [2.45, 2.75) is 10.8 Å². The van der Waals surface area contributed by atoms with Crippen LogP contribution < -0.4 is 10.5 Å². The topological polar surface area (TPSA) is 90.0 Å². The minimum absolute atomic E-state index is 0.199. The Morgan fingerprint density at radius 2 is 2.32 bits per heavy atom. The third-order valence-electron chi connectivity index (χ3n) is 2.31. The summed E-state index contributed by atoms with van der Waals surface area (Å²) in [6.45, 7) is 0.811. The van der Waals surface area contributed by atoms with Crippen LogP contribution in [0.4, 0.5) is 0 Å². The number of hydrogen-bond acceptors (Lipinski definition) is 5. The van der Waals surface area contributed by atoms with Crippen LogP contribution in [0.5, 0.6) is 0 Å². The van der Waals surface area contributed by atoms with Gasteiger partial charge in [-0.15, -0.1) is 11.3 Å². The van der Waals surface area contributed by atoms with Gasteiger partial charge in [-0.2, -0.15) is 0 Å². The highest BCUT2D eigenvalue weighted by molar-refractivity contribution is 7.91. The van der Waals surface area contributed by atoms with Crippen molar-refractivity contribution in [2.24, 2.45) is 5.73 Å². The molecule has 0 radical (unpaired) electrons. The zero-order valence-corrected chi connectivity index (χ0v) is 12.3. The van der Waals surface area contributed by atoms with Crippen molar-refractivity contribution in [3.05, 3.63) is 35.7 Å². The monoisotopic (exact) mass is 316 g/mol. The third-order valence-corrected chi connectivity index (χ3v) is 5.73. The van der Waals surface area contributed by atoms with Crippen LogP contribution >= 0.6 is 23.6 Å². The predicted molar refractivity (Wildman–Crippen MR) is 77.6 cm³/mol. The van der Waals surface area contributed by atoms with Gasteiger partial charge in [0.25, 0.3) is 0 Å². The Kier molecular flexibility index (Phi) is 4.30. The Labute approximate surface area is 120 Å². The molecular weight excluding hydrogens is 304 g/mol. The van der Waals surface area contributed by atoms with Crippen LogP contribution in [0, 0.1) is 0 Å². The smallest absolute Gasteiger partial charge is 0.250 e. The molecule has 0 aromatic carbocycles. The summed E-state index contributed by atoms with van der Waals surface area (Å²) in [6.07, 6.45) is 5.04. The summed E-state index contributed by atoms with van der Waals surface area (Å²) in [6, 6.07) is 3.11. The number of imidazole rings is 1. The lowest BCUT2D eigenvalue weighted by Gasteiger charge is -2.05. The Morgan fingerprint density at radius 3 is 2.89 bits per heavy atom. The first-order valence-electron chi connectivity index (χ1n) is 5.34. The number of nitrogens with two attached hydrogens (primary N) is 1. The minimum atomic E-state index is -3.51. The zero-order chi connectivity index (χ0) is 13.9. The molecule has 0 unspecified atom stereocenters. The van der Waals surface area contributed by atoms with Crippen LogP contribution in [0.1, 0.15) is 4.88 Å². The number of rotatable bonds is 6. The largest absolute Gasteiger partial charge is 0.389 e. The average Bonchev–Trinajstić information content (AvgIpc) is 2.99. The number of thiocarbonyl (C=S) groups is 1. The first-order chi connectivity index (χ1) is 8.99. The standard InChI is InChI=1S/C10H12N4O2S3/c11-10(17)8-1-2-9(18-8)19(15,16)13-4-6-14-5-3-12-7-14/h1-3,5,7,13H,4,6H2,(H2,11,17). The first kappa shape index (κ1) is 14.1. The summed E-state index contributed by atoms with van der Waals surface area (Å²) >= 11 is 5.86. The lowest BCUT2D eigenvalue weighted by atomic mass is 10.5. The maximum atomic E-state index is 12.0. The van der Waals surface area contributed by atoms with E-state index in [2.05, 4.69) is 9.71 Å². The van der Waals surface area contributed by atoms with Crippen molar-refractivity contribution in [3.63, 3.8) is 0 Å². The molecule has 9 heteroatoms. The van der Waals surface area contributed by atoms with Crippen LogP contribution in [-0.4, -0.2) is 29.5 Å². The summed E-state index contributed by atoms with van der Waals surface area (Å²) < 4.78 is 28.5. The van der Waals surface area contributed by atoms with Crippen LogP contribution in [0.15, 0.2) is 35.1 Å². The minimum Gasteiger partial charge on any atom is -0.389 e. The van der Waals surface area contributed by atoms with Crippen LogP contribution in [0.25, 0.3) is 0 Å². The number of nitrogens with one attached hydrogen (secondary N) is 1. The van der Waals surface area contributed by atoms with E-state index in [4.69, 9.17) is 18.0 Å². The zero-order valence-electron chi connectivity index (χ0n) is 9.81. The molecule has 6 nitrogen and oxygen atoms in total. The van der Waals surface area contributed by atoms with Gasteiger partial charge < -0.3 is 10.3 Å². The normalized spacial score (nSPS) is 11.6. The fourth-order valence-electron chi connectivity index (χ4n) is 1.40. The fraction of sp³-hybridized carbons (Fsp3) is 0.200. The number of nitrogens with zero attached hydrogens (tertiary/aromatic N) is 2. The summed E-state index contributed by atoms with van der Waals surface area (Å²) in [5.74, 6) is 0. The van der Waals surface area contributed by atoms with E-state index < -0.39 is 10.0 Å². The molecule has 0 saturated heterocycles. The summed E-state index contributed by atoms with van der Waals surface area (Å²) in [4.78, 5) is 4.66. The average molecular weight is 316 g/mol. The molecule has 0 aliphatic carbocycles. The number of sulfonamides is 1. The Balaban J connectivity index is 1.99. The van der Waals surface area contributed by atoms with Gasteiger partial charge in [0.05, 0.1) is 11.2 Å².